The lowest BCUT2D eigenvalue weighted by molar-refractivity contribution is -0.122. The van der Waals surface area contributed by atoms with Gasteiger partial charge in [-0.1, -0.05) is 30.0 Å². The number of hydrogen-bond acceptors (Lipinski definition) is 4. The van der Waals surface area contributed by atoms with E-state index in [1.54, 1.807) is 12.1 Å². The van der Waals surface area contributed by atoms with E-state index in [9.17, 15) is 14.4 Å². The first-order valence-electron chi connectivity index (χ1n) is 9.10. The molecule has 4 amide bonds. The summed E-state index contributed by atoms with van der Waals surface area (Å²) >= 11 is 0. The van der Waals surface area contributed by atoms with Crippen LogP contribution >= 0.6 is 0 Å². The van der Waals surface area contributed by atoms with Gasteiger partial charge in [0.15, 0.2) is 0 Å². The normalized spacial score (nSPS) is 19.9. The molecule has 0 bridgehead atoms. The maximum absolute atomic E-state index is 12.9. The molecule has 0 aliphatic carbocycles. The summed E-state index contributed by atoms with van der Waals surface area (Å²) in [5.74, 6) is 5.65. The SMILES string of the molecule is COc1ccc2c(c1)C(=O)N(CC1(C#Cc3cccc(C)c3)NC(=O)NC1=O)C2. The van der Waals surface area contributed by atoms with Crippen LogP contribution in [0.15, 0.2) is 42.5 Å². The molecule has 146 valence electrons. The van der Waals surface area contributed by atoms with Gasteiger partial charge in [0.1, 0.15) is 5.75 Å². The standard InChI is InChI=1S/C22H19N3O4/c1-14-4-3-5-15(10-14)8-9-22(20(27)23-21(28)24-22)13-25-12-16-6-7-17(29-2)11-18(16)19(25)26/h3-7,10-11H,12-13H2,1-2H3,(H2,23,24,27,28). The summed E-state index contributed by atoms with van der Waals surface area (Å²) in [7, 11) is 1.53. The van der Waals surface area contributed by atoms with E-state index in [1.165, 1.54) is 12.0 Å². The molecule has 0 radical (unpaired) electrons. The lowest BCUT2D eigenvalue weighted by Crippen LogP contribution is -2.54. The van der Waals surface area contributed by atoms with Crippen LogP contribution in [-0.2, 0) is 11.3 Å². The summed E-state index contributed by atoms with van der Waals surface area (Å²) < 4.78 is 5.19. The Hall–Kier alpha value is -3.79. The van der Waals surface area contributed by atoms with Gasteiger partial charge in [-0.2, -0.15) is 0 Å². The fourth-order valence-corrected chi connectivity index (χ4v) is 3.51. The summed E-state index contributed by atoms with van der Waals surface area (Å²) in [6.45, 7) is 2.22. The molecular formula is C22H19N3O4. The van der Waals surface area contributed by atoms with Crippen molar-refractivity contribution in [3.63, 3.8) is 0 Å². The predicted molar refractivity (Wildman–Crippen MR) is 105 cm³/mol. The molecule has 2 aliphatic heterocycles. The highest BCUT2D eigenvalue weighted by atomic mass is 16.5. The van der Waals surface area contributed by atoms with Crippen LogP contribution in [0.3, 0.4) is 0 Å². The molecule has 1 saturated heterocycles. The maximum Gasteiger partial charge on any atom is 0.323 e. The first-order chi connectivity index (χ1) is 13.9. The Kier molecular flexibility index (Phi) is 4.47. The van der Waals surface area contributed by atoms with Gasteiger partial charge in [0, 0.05) is 17.7 Å². The predicted octanol–water partition coefficient (Wildman–Crippen LogP) is 1.59. The molecule has 7 heteroatoms. The van der Waals surface area contributed by atoms with Crippen molar-refractivity contribution in [2.24, 2.45) is 0 Å². The van der Waals surface area contributed by atoms with Gasteiger partial charge in [0.05, 0.1) is 13.7 Å². The number of ether oxygens (including phenoxy) is 1. The van der Waals surface area contributed by atoms with Gasteiger partial charge < -0.3 is 15.0 Å². The number of fused-ring (bicyclic) bond motifs is 1. The molecule has 4 rings (SSSR count). The average Bonchev–Trinajstić information content (AvgIpc) is 3.15. The largest absolute Gasteiger partial charge is 0.497 e. The van der Waals surface area contributed by atoms with Crippen LogP contribution in [0.4, 0.5) is 4.79 Å². The van der Waals surface area contributed by atoms with Gasteiger partial charge in [-0.25, -0.2) is 4.79 Å². The van der Waals surface area contributed by atoms with Crippen LogP contribution in [-0.4, -0.2) is 41.9 Å². The first kappa shape index (κ1) is 18.6. The Morgan fingerprint density at radius 3 is 2.69 bits per heavy atom. The number of hydrogen-bond donors (Lipinski definition) is 2. The number of imide groups is 1. The quantitative estimate of drug-likeness (QED) is 0.617. The van der Waals surface area contributed by atoms with Gasteiger partial charge in [-0.15, -0.1) is 0 Å². The number of nitrogens with one attached hydrogen (secondary N) is 2. The zero-order chi connectivity index (χ0) is 20.6. The second kappa shape index (κ2) is 6.99. The summed E-state index contributed by atoms with van der Waals surface area (Å²) in [6.07, 6.45) is 0. The number of rotatable bonds is 3. The molecular weight excluding hydrogens is 370 g/mol. The van der Waals surface area contributed by atoms with Gasteiger partial charge in [0.25, 0.3) is 11.8 Å². The van der Waals surface area contributed by atoms with Crippen LogP contribution in [0.5, 0.6) is 5.75 Å². The number of nitrogens with zero attached hydrogens (tertiary/aromatic N) is 1. The van der Waals surface area contributed by atoms with Crippen molar-refractivity contribution < 1.29 is 19.1 Å². The molecule has 1 atom stereocenters. The number of carbonyl (C=O) groups excluding carboxylic acids is 3. The molecule has 1 fully saturated rings. The highest BCUT2D eigenvalue weighted by Gasteiger charge is 2.48. The fourth-order valence-electron chi connectivity index (χ4n) is 3.51. The van der Waals surface area contributed by atoms with Crippen LogP contribution < -0.4 is 15.4 Å². The molecule has 0 aromatic heterocycles. The molecule has 2 aliphatic rings. The third kappa shape index (κ3) is 3.41. The lowest BCUT2D eigenvalue weighted by Gasteiger charge is -2.26. The summed E-state index contributed by atoms with van der Waals surface area (Å²) in [5.41, 5.74) is 1.60. The first-order valence-corrected chi connectivity index (χ1v) is 9.10. The van der Waals surface area contributed by atoms with E-state index in [0.29, 0.717) is 17.9 Å². The van der Waals surface area contributed by atoms with E-state index < -0.39 is 17.5 Å². The Morgan fingerprint density at radius 2 is 2.00 bits per heavy atom. The topological polar surface area (TPSA) is 87.7 Å². The minimum absolute atomic E-state index is 0.0563. The van der Waals surface area contributed by atoms with Gasteiger partial charge in [-0.05, 0) is 42.3 Å². The number of amides is 4. The van der Waals surface area contributed by atoms with Crippen molar-refractivity contribution >= 4 is 17.8 Å². The molecule has 7 nitrogen and oxygen atoms in total. The minimum atomic E-state index is -1.51. The monoisotopic (exact) mass is 389 g/mol. The number of urea groups is 1. The average molecular weight is 389 g/mol. The minimum Gasteiger partial charge on any atom is -0.497 e. The third-order valence-corrected chi connectivity index (χ3v) is 5.00. The highest BCUT2D eigenvalue weighted by Crippen LogP contribution is 2.28. The number of methoxy groups -OCH3 is 1. The number of carbonyl (C=O) groups is 3. The molecule has 2 heterocycles. The van der Waals surface area contributed by atoms with E-state index in [0.717, 1.165) is 16.7 Å². The highest BCUT2D eigenvalue weighted by molar-refractivity contribution is 6.10. The van der Waals surface area contributed by atoms with Crippen molar-refractivity contribution in [2.45, 2.75) is 19.0 Å². The van der Waals surface area contributed by atoms with Crippen molar-refractivity contribution in [1.29, 1.82) is 0 Å². The summed E-state index contributed by atoms with van der Waals surface area (Å²) in [6, 6.07) is 12.2. The van der Waals surface area contributed by atoms with Crippen molar-refractivity contribution in [3.8, 4) is 17.6 Å². The summed E-state index contributed by atoms with van der Waals surface area (Å²) in [4.78, 5) is 38.9. The smallest absolute Gasteiger partial charge is 0.323 e. The van der Waals surface area contributed by atoms with E-state index in [1.807, 2.05) is 37.3 Å². The molecule has 0 spiro atoms. The second-order valence-electron chi connectivity index (χ2n) is 7.12. The van der Waals surface area contributed by atoms with Crippen molar-refractivity contribution in [3.05, 3.63) is 64.7 Å². The number of benzene rings is 2. The van der Waals surface area contributed by atoms with E-state index >= 15 is 0 Å². The molecule has 1 unspecified atom stereocenters. The maximum atomic E-state index is 12.9. The third-order valence-electron chi connectivity index (χ3n) is 5.00. The van der Waals surface area contributed by atoms with E-state index in [4.69, 9.17) is 4.74 Å². The molecule has 0 saturated carbocycles. The molecule has 2 aromatic rings. The second-order valence-corrected chi connectivity index (χ2v) is 7.12. The van der Waals surface area contributed by atoms with Crippen LogP contribution in [0.25, 0.3) is 0 Å². The summed E-state index contributed by atoms with van der Waals surface area (Å²) in [5, 5.41) is 4.84. The van der Waals surface area contributed by atoms with Crippen molar-refractivity contribution in [2.75, 3.05) is 13.7 Å². The Morgan fingerprint density at radius 1 is 1.17 bits per heavy atom. The molecule has 29 heavy (non-hydrogen) atoms. The van der Waals surface area contributed by atoms with Crippen LogP contribution in [0, 0.1) is 18.8 Å². The number of aryl methyl sites for hydroxylation is 1. The van der Waals surface area contributed by atoms with Crippen LogP contribution in [0.1, 0.15) is 27.0 Å². The van der Waals surface area contributed by atoms with Crippen LogP contribution in [0.2, 0.25) is 0 Å². The zero-order valence-electron chi connectivity index (χ0n) is 16.0. The molecule has 2 aromatic carbocycles. The van der Waals surface area contributed by atoms with Gasteiger partial charge in [0.2, 0.25) is 5.54 Å². The van der Waals surface area contributed by atoms with Gasteiger partial charge in [-0.3, -0.25) is 14.9 Å². The molecule has 2 N–H and O–H groups in total. The Bertz CT molecular complexity index is 1100. The van der Waals surface area contributed by atoms with E-state index in [2.05, 4.69) is 22.5 Å². The Labute approximate surface area is 168 Å². The van der Waals surface area contributed by atoms with Crippen molar-refractivity contribution in [1.82, 2.24) is 15.5 Å². The van der Waals surface area contributed by atoms with Gasteiger partial charge >= 0.3 is 6.03 Å². The fraction of sp³-hybridized carbons (Fsp3) is 0.227. The lowest BCUT2D eigenvalue weighted by atomic mass is 9.99. The zero-order valence-corrected chi connectivity index (χ0v) is 16.0. The Balaban J connectivity index is 1.65. The van der Waals surface area contributed by atoms with E-state index in [-0.39, 0.29) is 12.5 Å².